The molecule has 0 atom stereocenters. The molecular weight excluding hydrogens is 213 g/mol. The average Bonchev–Trinajstić information content (AvgIpc) is 2.21. The van der Waals surface area contributed by atoms with Crippen LogP contribution >= 0.6 is 12.2 Å². The van der Waals surface area contributed by atoms with E-state index < -0.39 is 5.82 Å². The van der Waals surface area contributed by atoms with Gasteiger partial charge in [0.1, 0.15) is 5.82 Å². The molecule has 2 nitrogen and oxygen atoms in total. The van der Waals surface area contributed by atoms with E-state index in [4.69, 9.17) is 6.42 Å². The van der Waals surface area contributed by atoms with Crippen LogP contribution in [-0.4, -0.2) is 11.4 Å². The van der Waals surface area contributed by atoms with Gasteiger partial charge in [-0.05, 0) is 23.8 Å². The summed E-state index contributed by atoms with van der Waals surface area (Å²) in [6, 6.07) is 4.20. The molecule has 1 aromatic rings. The van der Waals surface area contributed by atoms with Gasteiger partial charge < -0.3 is 5.32 Å². The number of benzene rings is 1. The minimum absolute atomic E-state index is 0.0749. The van der Waals surface area contributed by atoms with Gasteiger partial charge in [-0.15, -0.1) is 6.42 Å². The van der Waals surface area contributed by atoms with Crippen molar-refractivity contribution in [2.24, 2.45) is 0 Å². The van der Waals surface area contributed by atoms with Crippen molar-refractivity contribution in [3.63, 3.8) is 0 Å². The number of carbonyl (C=O) groups is 1. The third-order valence-electron chi connectivity index (χ3n) is 1.78. The molecule has 0 bridgehead atoms. The number of hydrogen-bond donors (Lipinski definition) is 1. The third kappa shape index (κ3) is 3.15. The summed E-state index contributed by atoms with van der Waals surface area (Å²) >= 11 is 4.44. The Labute approximate surface area is 92.5 Å². The maximum atomic E-state index is 13.2. The van der Waals surface area contributed by atoms with Crippen molar-refractivity contribution in [3.8, 4) is 12.3 Å². The fourth-order valence-electron chi connectivity index (χ4n) is 1.09. The van der Waals surface area contributed by atoms with E-state index in [0.717, 1.165) is 5.49 Å². The number of carbonyl (C=O) groups excluding carboxylic acids is 1. The number of rotatable bonds is 3. The molecule has 0 aliphatic rings. The molecule has 0 fully saturated rings. The zero-order valence-electron chi connectivity index (χ0n) is 7.79. The highest BCUT2D eigenvalue weighted by atomic mass is 32.1. The Morgan fingerprint density at radius 3 is 3.00 bits per heavy atom. The Balaban J connectivity index is 2.89. The average molecular weight is 221 g/mol. The third-order valence-corrected chi connectivity index (χ3v) is 1.90. The first-order chi connectivity index (χ1) is 7.17. The van der Waals surface area contributed by atoms with Crippen LogP contribution in [0.4, 0.5) is 4.39 Å². The van der Waals surface area contributed by atoms with Crippen molar-refractivity contribution in [1.29, 1.82) is 0 Å². The minimum atomic E-state index is -0.450. The van der Waals surface area contributed by atoms with Crippen molar-refractivity contribution in [1.82, 2.24) is 5.32 Å². The van der Waals surface area contributed by atoms with Crippen molar-refractivity contribution >= 4 is 23.6 Å². The Morgan fingerprint density at radius 1 is 1.67 bits per heavy atom. The summed E-state index contributed by atoms with van der Waals surface area (Å²) in [6.45, 7) is 0. The first kappa shape index (κ1) is 11.3. The van der Waals surface area contributed by atoms with E-state index in [1.807, 2.05) is 0 Å². The van der Waals surface area contributed by atoms with Crippen LogP contribution < -0.4 is 5.32 Å². The summed E-state index contributed by atoms with van der Waals surface area (Å²) in [5, 5.41) is 2.29. The number of nitrogens with one attached hydrogen (secondary N) is 1. The SMILES string of the molecule is C#Cc1ccc(F)c(CC(=O)NC=S)c1. The summed E-state index contributed by atoms with van der Waals surface area (Å²) in [5.74, 6) is 1.56. The van der Waals surface area contributed by atoms with Gasteiger partial charge in [-0.25, -0.2) is 4.39 Å². The fraction of sp³-hybridized carbons (Fsp3) is 0.0909. The monoisotopic (exact) mass is 221 g/mol. The second-order valence-corrected chi connectivity index (χ2v) is 3.05. The van der Waals surface area contributed by atoms with Gasteiger partial charge in [-0.1, -0.05) is 18.1 Å². The summed E-state index contributed by atoms with van der Waals surface area (Å²) in [4.78, 5) is 11.1. The van der Waals surface area contributed by atoms with Gasteiger partial charge in [0, 0.05) is 5.56 Å². The lowest BCUT2D eigenvalue weighted by molar-refractivity contribution is -0.118. The molecule has 0 saturated heterocycles. The summed E-state index contributed by atoms with van der Waals surface area (Å²) in [7, 11) is 0. The molecule has 0 aliphatic heterocycles. The molecule has 1 rings (SSSR count). The molecule has 1 N–H and O–H groups in total. The van der Waals surface area contributed by atoms with Crippen molar-refractivity contribution in [2.45, 2.75) is 6.42 Å². The summed E-state index contributed by atoms with van der Waals surface area (Å²) < 4.78 is 13.2. The first-order valence-corrected chi connectivity index (χ1v) is 4.62. The second kappa shape index (κ2) is 5.23. The van der Waals surface area contributed by atoms with Crippen LogP contribution in [0.1, 0.15) is 11.1 Å². The molecule has 1 aromatic carbocycles. The number of hydrogen-bond acceptors (Lipinski definition) is 2. The highest BCUT2D eigenvalue weighted by Gasteiger charge is 2.07. The van der Waals surface area contributed by atoms with Crippen LogP contribution in [0.3, 0.4) is 0 Å². The minimum Gasteiger partial charge on any atom is -0.323 e. The molecule has 0 heterocycles. The summed E-state index contributed by atoms with van der Waals surface area (Å²) in [6.07, 6.45) is 5.09. The molecule has 0 aromatic heterocycles. The zero-order chi connectivity index (χ0) is 11.3. The van der Waals surface area contributed by atoms with E-state index in [2.05, 4.69) is 23.5 Å². The fourth-order valence-corrected chi connectivity index (χ4v) is 1.22. The smallest absolute Gasteiger partial charge is 0.229 e. The highest BCUT2D eigenvalue weighted by Crippen LogP contribution is 2.10. The van der Waals surface area contributed by atoms with Gasteiger partial charge in [0.05, 0.1) is 11.9 Å². The van der Waals surface area contributed by atoms with Gasteiger partial charge >= 0.3 is 0 Å². The molecule has 0 unspecified atom stereocenters. The summed E-state index contributed by atoms with van der Waals surface area (Å²) in [5.41, 5.74) is 1.90. The quantitative estimate of drug-likeness (QED) is 0.618. The van der Waals surface area contributed by atoms with E-state index in [9.17, 15) is 9.18 Å². The molecule has 0 saturated carbocycles. The Kier molecular flexibility index (Phi) is 3.95. The van der Waals surface area contributed by atoms with Gasteiger partial charge in [0.25, 0.3) is 0 Å². The molecule has 4 heteroatoms. The molecule has 0 aliphatic carbocycles. The Hall–Kier alpha value is -1.73. The van der Waals surface area contributed by atoms with Crippen molar-refractivity contribution in [2.75, 3.05) is 0 Å². The maximum Gasteiger partial charge on any atom is 0.229 e. The predicted octanol–water partition coefficient (Wildman–Crippen LogP) is 1.42. The van der Waals surface area contributed by atoms with E-state index in [0.29, 0.717) is 5.56 Å². The van der Waals surface area contributed by atoms with Crippen LogP contribution in [0, 0.1) is 18.2 Å². The number of terminal acetylenes is 1. The van der Waals surface area contributed by atoms with Crippen LogP contribution in [-0.2, 0) is 11.2 Å². The number of halogens is 1. The Bertz CT molecular complexity index is 437. The highest BCUT2D eigenvalue weighted by molar-refractivity contribution is 7.78. The van der Waals surface area contributed by atoms with E-state index in [1.54, 1.807) is 0 Å². The zero-order valence-corrected chi connectivity index (χ0v) is 8.60. The van der Waals surface area contributed by atoms with Gasteiger partial charge in [-0.3, -0.25) is 4.79 Å². The molecule has 1 amide bonds. The van der Waals surface area contributed by atoms with E-state index in [-0.39, 0.29) is 17.9 Å². The maximum absolute atomic E-state index is 13.2. The van der Waals surface area contributed by atoms with Crippen LogP contribution in [0.5, 0.6) is 0 Å². The van der Waals surface area contributed by atoms with Gasteiger partial charge in [0.15, 0.2) is 0 Å². The first-order valence-electron chi connectivity index (χ1n) is 4.15. The van der Waals surface area contributed by atoms with E-state index in [1.165, 1.54) is 18.2 Å². The van der Waals surface area contributed by atoms with Crippen LogP contribution in [0.15, 0.2) is 18.2 Å². The molecule has 0 spiro atoms. The lowest BCUT2D eigenvalue weighted by atomic mass is 10.1. The van der Waals surface area contributed by atoms with Crippen molar-refractivity contribution < 1.29 is 9.18 Å². The second-order valence-electron chi connectivity index (χ2n) is 2.81. The standard InChI is InChI=1S/C11H8FNOS/c1-2-8-3-4-10(12)9(5-8)6-11(14)13-7-15/h1,3-5,7H,6H2,(H,13,14,15). The van der Waals surface area contributed by atoms with Gasteiger partial charge in [-0.2, -0.15) is 0 Å². The molecule has 15 heavy (non-hydrogen) atoms. The number of amides is 1. The van der Waals surface area contributed by atoms with Crippen molar-refractivity contribution in [3.05, 3.63) is 35.1 Å². The van der Waals surface area contributed by atoms with Crippen LogP contribution in [0.2, 0.25) is 0 Å². The lowest BCUT2D eigenvalue weighted by Crippen LogP contribution is -2.22. The lowest BCUT2D eigenvalue weighted by Gasteiger charge is -2.02. The molecule has 0 radical (unpaired) electrons. The predicted molar refractivity (Wildman–Crippen MR) is 59.8 cm³/mol. The normalized spacial score (nSPS) is 9.07. The molecule has 76 valence electrons. The number of thiocarbonyl (C=S) groups is 1. The van der Waals surface area contributed by atoms with Gasteiger partial charge in [0.2, 0.25) is 5.91 Å². The topological polar surface area (TPSA) is 29.1 Å². The Morgan fingerprint density at radius 2 is 2.40 bits per heavy atom. The van der Waals surface area contributed by atoms with E-state index >= 15 is 0 Å². The largest absolute Gasteiger partial charge is 0.323 e. The van der Waals surface area contributed by atoms with Crippen LogP contribution in [0.25, 0.3) is 0 Å². The molecular formula is C11H8FNOS.